The van der Waals surface area contributed by atoms with Crippen LogP contribution in [0.4, 0.5) is 0 Å². The Morgan fingerprint density at radius 2 is 1.71 bits per heavy atom. The van der Waals surface area contributed by atoms with Gasteiger partial charge in [0.1, 0.15) is 0 Å². The lowest BCUT2D eigenvalue weighted by molar-refractivity contribution is 0.00578. The Kier molecular flexibility index (Phi) is 4.38. The van der Waals surface area contributed by atoms with Gasteiger partial charge in [0.15, 0.2) is 5.76 Å². The van der Waals surface area contributed by atoms with Gasteiger partial charge in [0, 0.05) is 11.6 Å². The smallest absolute Gasteiger partial charge is 0.400 e. The average molecular weight is 327 g/mol. The molecule has 2 heterocycles. The van der Waals surface area contributed by atoms with E-state index in [1.165, 1.54) is 0 Å². The summed E-state index contributed by atoms with van der Waals surface area (Å²) >= 11 is 0. The van der Waals surface area contributed by atoms with Crippen molar-refractivity contribution in [3.05, 3.63) is 47.6 Å². The Balaban J connectivity index is 1.81. The highest BCUT2D eigenvalue weighted by atomic mass is 16.7. The van der Waals surface area contributed by atoms with Crippen LogP contribution in [0.5, 0.6) is 0 Å². The second kappa shape index (κ2) is 6.20. The summed E-state index contributed by atoms with van der Waals surface area (Å²) in [5, 5.41) is 13.5. The van der Waals surface area contributed by atoms with Gasteiger partial charge in [-0.3, -0.25) is 0 Å². The molecule has 0 spiro atoms. The fraction of sp³-hybridized carbons (Fsp3) is 0.389. The van der Waals surface area contributed by atoms with Crippen LogP contribution in [0.3, 0.4) is 0 Å². The van der Waals surface area contributed by atoms with Gasteiger partial charge in [-0.1, -0.05) is 35.5 Å². The van der Waals surface area contributed by atoms with Crippen LogP contribution in [0.15, 0.2) is 46.5 Å². The molecule has 0 saturated carbocycles. The molecule has 1 aromatic heterocycles. The average Bonchev–Trinajstić information content (AvgIpc) is 3.12. The van der Waals surface area contributed by atoms with E-state index in [0.717, 1.165) is 16.9 Å². The molecule has 5 nitrogen and oxygen atoms in total. The van der Waals surface area contributed by atoms with Gasteiger partial charge < -0.3 is 18.9 Å². The lowest BCUT2D eigenvalue weighted by Crippen LogP contribution is -2.41. The monoisotopic (exact) mass is 327 g/mol. The number of benzene rings is 1. The van der Waals surface area contributed by atoms with Crippen LogP contribution in [0.2, 0.25) is 0 Å². The van der Waals surface area contributed by atoms with Crippen molar-refractivity contribution >= 4 is 13.2 Å². The quantitative estimate of drug-likeness (QED) is 0.873. The van der Waals surface area contributed by atoms with E-state index in [0.29, 0.717) is 5.47 Å². The first-order chi connectivity index (χ1) is 11.3. The van der Waals surface area contributed by atoms with Gasteiger partial charge in [-0.25, -0.2) is 0 Å². The third-order valence-electron chi connectivity index (χ3n) is 4.72. The fourth-order valence-electron chi connectivity index (χ4n) is 2.51. The van der Waals surface area contributed by atoms with Gasteiger partial charge >= 0.3 is 7.12 Å². The molecule has 0 aliphatic carbocycles. The van der Waals surface area contributed by atoms with Gasteiger partial charge in [0.2, 0.25) is 0 Å². The summed E-state index contributed by atoms with van der Waals surface area (Å²) in [6, 6.07) is 9.63. The summed E-state index contributed by atoms with van der Waals surface area (Å²) in [6.45, 7) is 7.85. The maximum absolute atomic E-state index is 9.74. The second-order valence-electron chi connectivity index (χ2n) is 6.96. The highest BCUT2D eigenvalue weighted by molar-refractivity contribution is 6.55. The van der Waals surface area contributed by atoms with Gasteiger partial charge in [-0.2, -0.15) is 0 Å². The minimum atomic E-state index is -0.547. The lowest BCUT2D eigenvalue weighted by Gasteiger charge is -2.32. The van der Waals surface area contributed by atoms with Gasteiger partial charge in [0.05, 0.1) is 24.0 Å². The molecule has 1 saturated heterocycles. The summed E-state index contributed by atoms with van der Waals surface area (Å²) < 4.78 is 17.1. The van der Waals surface area contributed by atoms with Gasteiger partial charge in [-0.05, 0) is 38.7 Å². The molecule has 6 heteroatoms. The Morgan fingerprint density at radius 1 is 1.08 bits per heavy atom. The van der Waals surface area contributed by atoms with E-state index in [1.807, 2.05) is 64.1 Å². The summed E-state index contributed by atoms with van der Waals surface area (Å²) in [5.41, 5.74) is 1.74. The van der Waals surface area contributed by atoms with E-state index < -0.39 is 18.3 Å². The number of nitrogens with zero attached hydrogens (tertiary/aromatic N) is 1. The zero-order chi connectivity index (χ0) is 17.4. The Bertz CT molecular complexity index is 704. The van der Waals surface area contributed by atoms with Gasteiger partial charge in [-0.15, -0.1) is 0 Å². The minimum Gasteiger partial charge on any atom is -0.400 e. The molecule has 0 atom stereocenters. The van der Waals surface area contributed by atoms with Crippen molar-refractivity contribution in [2.45, 2.75) is 38.9 Å². The number of rotatable bonds is 4. The molecule has 0 amide bonds. The number of hydrogen-bond donors (Lipinski definition) is 1. The van der Waals surface area contributed by atoms with Crippen LogP contribution < -0.4 is 0 Å². The van der Waals surface area contributed by atoms with E-state index in [4.69, 9.17) is 13.8 Å². The summed E-state index contributed by atoms with van der Waals surface area (Å²) in [7, 11) is -0.547. The summed E-state index contributed by atoms with van der Waals surface area (Å²) in [5.74, 6) is 0.721. The number of aliphatic hydroxyl groups is 1. The van der Waals surface area contributed by atoms with Crippen molar-refractivity contribution in [3.63, 3.8) is 0 Å². The zero-order valence-electron chi connectivity index (χ0n) is 14.4. The minimum absolute atomic E-state index is 0.124. The molecule has 0 bridgehead atoms. The molecule has 3 rings (SSSR count). The molecule has 126 valence electrons. The number of hydrogen-bond acceptors (Lipinski definition) is 5. The third-order valence-corrected chi connectivity index (χ3v) is 4.72. The standard InChI is InChI=1S/C18H22BNO4/c1-17(2)18(3,4)24-19(23-17)15(12-21)11-13-5-7-14(8-6-13)16-9-10-20-22-16/h5-11,21H,12H2,1-4H3. The predicted octanol–water partition coefficient (Wildman–Crippen LogP) is 3.35. The van der Waals surface area contributed by atoms with Crippen LogP contribution >= 0.6 is 0 Å². The fourth-order valence-corrected chi connectivity index (χ4v) is 2.51. The van der Waals surface area contributed by atoms with Crippen LogP contribution in [-0.4, -0.2) is 35.2 Å². The molecule has 24 heavy (non-hydrogen) atoms. The molecule has 0 radical (unpaired) electrons. The van der Waals surface area contributed by atoms with Crippen LogP contribution in [0.25, 0.3) is 17.4 Å². The third kappa shape index (κ3) is 3.17. The normalized spacial score (nSPS) is 19.7. The second-order valence-corrected chi connectivity index (χ2v) is 6.96. The molecule has 0 unspecified atom stereocenters. The zero-order valence-corrected chi connectivity index (χ0v) is 14.4. The maximum Gasteiger partial charge on any atom is 0.492 e. The van der Waals surface area contributed by atoms with E-state index in [1.54, 1.807) is 6.20 Å². The van der Waals surface area contributed by atoms with Crippen molar-refractivity contribution in [1.29, 1.82) is 0 Å². The van der Waals surface area contributed by atoms with E-state index in [-0.39, 0.29) is 6.61 Å². The molecule has 1 fully saturated rings. The molecule has 1 aromatic carbocycles. The topological polar surface area (TPSA) is 64.7 Å². The Hall–Kier alpha value is -1.89. The van der Waals surface area contributed by atoms with Crippen molar-refractivity contribution < 1.29 is 18.9 Å². The maximum atomic E-state index is 9.74. The molecule has 1 aliphatic rings. The van der Waals surface area contributed by atoms with Crippen molar-refractivity contribution in [2.75, 3.05) is 6.61 Å². The van der Waals surface area contributed by atoms with Crippen LogP contribution in [-0.2, 0) is 9.31 Å². The highest BCUT2D eigenvalue weighted by Gasteiger charge is 2.52. The number of aromatic nitrogens is 1. The van der Waals surface area contributed by atoms with Crippen molar-refractivity contribution in [3.8, 4) is 11.3 Å². The van der Waals surface area contributed by atoms with Crippen LogP contribution in [0, 0.1) is 0 Å². The SMILES string of the molecule is CC1(C)OB(C(=Cc2ccc(-c3ccno3)cc2)CO)OC1(C)C. The lowest BCUT2D eigenvalue weighted by atomic mass is 9.77. The molecular formula is C18H22BNO4. The first kappa shape index (κ1) is 17.0. The number of aliphatic hydroxyl groups excluding tert-OH is 1. The highest BCUT2D eigenvalue weighted by Crippen LogP contribution is 2.38. The Morgan fingerprint density at radius 3 is 2.21 bits per heavy atom. The van der Waals surface area contributed by atoms with Crippen molar-refractivity contribution in [1.82, 2.24) is 5.16 Å². The largest absolute Gasteiger partial charge is 0.492 e. The van der Waals surface area contributed by atoms with E-state index >= 15 is 0 Å². The summed E-state index contributed by atoms with van der Waals surface area (Å²) in [6.07, 6.45) is 3.51. The first-order valence-electron chi connectivity index (χ1n) is 8.00. The van der Waals surface area contributed by atoms with Crippen LogP contribution in [0.1, 0.15) is 33.3 Å². The Labute approximate surface area is 142 Å². The molecule has 1 N–H and O–H groups in total. The van der Waals surface area contributed by atoms with Crippen molar-refractivity contribution in [2.24, 2.45) is 0 Å². The molecule has 1 aliphatic heterocycles. The van der Waals surface area contributed by atoms with E-state index in [2.05, 4.69) is 5.16 Å². The predicted molar refractivity (Wildman–Crippen MR) is 93.1 cm³/mol. The van der Waals surface area contributed by atoms with E-state index in [9.17, 15) is 5.11 Å². The summed E-state index contributed by atoms with van der Waals surface area (Å²) in [4.78, 5) is 0. The molecule has 2 aromatic rings. The first-order valence-corrected chi connectivity index (χ1v) is 8.00. The van der Waals surface area contributed by atoms with Gasteiger partial charge in [0.25, 0.3) is 0 Å². The molecular weight excluding hydrogens is 305 g/mol.